The first-order valence-corrected chi connectivity index (χ1v) is 14.8. The Balaban J connectivity index is 2.46. The Hall–Kier alpha value is -0.603. The van der Waals surface area contributed by atoms with Gasteiger partial charge in [0.1, 0.15) is 0 Å². The summed E-state index contributed by atoms with van der Waals surface area (Å²) < 4.78 is 37.2. The molecule has 1 aliphatic heterocycles. The van der Waals surface area contributed by atoms with Gasteiger partial charge in [0.15, 0.2) is 18.2 Å². The van der Waals surface area contributed by atoms with Gasteiger partial charge in [-0.15, -0.1) is 0 Å². The number of rotatable bonds is 3. The lowest BCUT2D eigenvalue weighted by molar-refractivity contribution is -0.0450. The van der Waals surface area contributed by atoms with E-state index in [1.807, 2.05) is 0 Å². The van der Waals surface area contributed by atoms with Crippen LogP contribution in [-0.4, -0.2) is 65.5 Å². The van der Waals surface area contributed by atoms with Crippen LogP contribution in [0.2, 0.25) is 18.1 Å². The van der Waals surface area contributed by atoms with Crippen molar-refractivity contribution in [1.29, 1.82) is 0 Å². The summed E-state index contributed by atoms with van der Waals surface area (Å²) in [7, 11) is -3.96. The molecule has 1 spiro atoms. The molecule has 1 saturated carbocycles. The summed E-state index contributed by atoms with van der Waals surface area (Å²) in [5.74, 6) is 0. The van der Waals surface area contributed by atoms with Crippen LogP contribution in [0.1, 0.15) is 52.9 Å². The minimum Gasteiger partial charge on any atom is -0.453 e. The SMILES string of the molecule is COC(=O)N1CCC[C@@]2(C1)[C@@H](O[Si](C)(C)C(C)(C)C)CCC[C@@H]2S(C)(=O)=O. The molecule has 2 rings (SSSR count). The van der Waals surface area contributed by atoms with Crippen LogP contribution in [0.25, 0.3) is 0 Å². The summed E-state index contributed by atoms with van der Waals surface area (Å²) in [6, 6.07) is 0. The van der Waals surface area contributed by atoms with Gasteiger partial charge in [0, 0.05) is 24.8 Å². The maximum absolute atomic E-state index is 12.7. The second-order valence-corrected chi connectivity index (χ2v) is 16.8. The lowest BCUT2D eigenvalue weighted by Crippen LogP contribution is -2.63. The molecular formula is C19H37NO5SSi. The van der Waals surface area contributed by atoms with Crippen LogP contribution in [0.3, 0.4) is 0 Å². The lowest BCUT2D eigenvalue weighted by atomic mass is 9.67. The van der Waals surface area contributed by atoms with Crippen LogP contribution in [-0.2, 0) is 19.0 Å². The average Bonchev–Trinajstić information content (AvgIpc) is 2.54. The van der Waals surface area contributed by atoms with Gasteiger partial charge < -0.3 is 14.1 Å². The van der Waals surface area contributed by atoms with Crippen LogP contribution < -0.4 is 0 Å². The van der Waals surface area contributed by atoms with Crippen molar-refractivity contribution in [1.82, 2.24) is 4.90 Å². The molecule has 0 aromatic heterocycles. The molecule has 0 unspecified atom stereocenters. The highest BCUT2D eigenvalue weighted by atomic mass is 32.2. The molecule has 1 saturated heterocycles. The maximum atomic E-state index is 12.7. The van der Waals surface area contributed by atoms with E-state index in [0.29, 0.717) is 19.5 Å². The molecule has 0 aromatic carbocycles. The van der Waals surface area contributed by atoms with Crippen molar-refractivity contribution in [2.45, 2.75) is 82.4 Å². The standard InChI is InChI=1S/C19H37NO5SSi/c1-18(2,3)27(6,7)25-15-10-8-11-16(26(5,22)23)19(15)12-9-13-20(14-19)17(21)24-4/h15-16H,8-14H2,1-7H3/t15-,16-,19+/m0/s1. The lowest BCUT2D eigenvalue weighted by Gasteiger charge is -2.55. The molecule has 1 heterocycles. The largest absolute Gasteiger partial charge is 0.453 e. The molecule has 27 heavy (non-hydrogen) atoms. The van der Waals surface area contributed by atoms with Gasteiger partial charge in [-0.25, -0.2) is 13.2 Å². The first-order valence-electron chi connectivity index (χ1n) is 9.94. The van der Waals surface area contributed by atoms with E-state index in [-0.39, 0.29) is 17.2 Å². The second-order valence-electron chi connectivity index (χ2n) is 9.84. The molecule has 6 nitrogen and oxygen atoms in total. The summed E-state index contributed by atoms with van der Waals surface area (Å²) in [6.45, 7) is 12.0. The highest BCUT2D eigenvalue weighted by Crippen LogP contribution is 2.50. The van der Waals surface area contributed by atoms with Crippen molar-refractivity contribution < 1.29 is 22.4 Å². The summed E-state index contributed by atoms with van der Waals surface area (Å²) in [5.41, 5.74) is -0.548. The Morgan fingerprint density at radius 3 is 2.33 bits per heavy atom. The fourth-order valence-electron chi connectivity index (χ4n) is 4.54. The van der Waals surface area contributed by atoms with Gasteiger partial charge in [0.2, 0.25) is 0 Å². The second kappa shape index (κ2) is 7.67. The minimum absolute atomic E-state index is 0.0446. The van der Waals surface area contributed by atoms with Gasteiger partial charge >= 0.3 is 6.09 Å². The topological polar surface area (TPSA) is 72.9 Å². The monoisotopic (exact) mass is 419 g/mol. The van der Waals surface area contributed by atoms with Gasteiger partial charge in [-0.05, 0) is 50.2 Å². The zero-order valence-electron chi connectivity index (χ0n) is 18.0. The number of carbonyl (C=O) groups is 1. The average molecular weight is 420 g/mol. The first kappa shape index (κ1) is 22.7. The van der Waals surface area contributed by atoms with Crippen molar-refractivity contribution in [2.75, 3.05) is 26.5 Å². The Labute approximate surface area is 166 Å². The van der Waals surface area contributed by atoms with Crippen molar-refractivity contribution >= 4 is 24.2 Å². The van der Waals surface area contributed by atoms with Crippen molar-refractivity contribution in [3.8, 4) is 0 Å². The molecule has 0 N–H and O–H groups in total. The molecule has 2 aliphatic rings. The quantitative estimate of drug-likeness (QED) is 0.650. The van der Waals surface area contributed by atoms with Crippen LogP contribution >= 0.6 is 0 Å². The van der Waals surface area contributed by atoms with E-state index in [0.717, 1.165) is 25.7 Å². The summed E-state index contributed by atoms with van der Waals surface area (Å²) in [4.78, 5) is 13.9. The van der Waals surface area contributed by atoms with Crippen molar-refractivity contribution in [2.24, 2.45) is 5.41 Å². The molecule has 2 fully saturated rings. The molecule has 3 atom stereocenters. The van der Waals surface area contributed by atoms with Gasteiger partial charge in [-0.1, -0.05) is 20.8 Å². The van der Waals surface area contributed by atoms with Gasteiger partial charge in [-0.2, -0.15) is 0 Å². The van der Waals surface area contributed by atoms with Crippen molar-refractivity contribution in [3.05, 3.63) is 0 Å². The van der Waals surface area contributed by atoms with E-state index in [1.54, 1.807) is 4.90 Å². The third-order valence-electron chi connectivity index (χ3n) is 6.96. The Bertz CT molecular complexity index is 658. The smallest absolute Gasteiger partial charge is 0.409 e. The molecular weight excluding hydrogens is 382 g/mol. The molecule has 0 bridgehead atoms. The first-order chi connectivity index (χ1) is 12.2. The number of hydrogen-bond acceptors (Lipinski definition) is 5. The van der Waals surface area contributed by atoms with Crippen molar-refractivity contribution in [3.63, 3.8) is 0 Å². The third-order valence-corrected chi connectivity index (χ3v) is 13.2. The summed E-state index contributed by atoms with van der Waals surface area (Å²) in [6.07, 6.45) is 4.72. The summed E-state index contributed by atoms with van der Waals surface area (Å²) in [5, 5.41) is -0.427. The van der Waals surface area contributed by atoms with E-state index in [2.05, 4.69) is 33.9 Å². The van der Waals surface area contributed by atoms with Crippen LogP contribution in [0.4, 0.5) is 4.79 Å². The maximum Gasteiger partial charge on any atom is 0.409 e. The van der Waals surface area contributed by atoms with Gasteiger partial charge in [-0.3, -0.25) is 0 Å². The van der Waals surface area contributed by atoms with Gasteiger partial charge in [0.25, 0.3) is 0 Å². The highest BCUT2D eigenvalue weighted by Gasteiger charge is 2.56. The fraction of sp³-hybridized carbons (Fsp3) is 0.947. The summed E-state index contributed by atoms with van der Waals surface area (Å²) >= 11 is 0. The van der Waals surface area contributed by atoms with Crippen LogP contribution in [0.15, 0.2) is 0 Å². The highest BCUT2D eigenvalue weighted by molar-refractivity contribution is 7.91. The number of carbonyl (C=O) groups excluding carboxylic acids is 1. The number of sulfone groups is 1. The zero-order chi connectivity index (χ0) is 20.7. The van der Waals surface area contributed by atoms with E-state index in [4.69, 9.17) is 9.16 Å². The Morgan fingerprint density at radius 2 is 1.81 bits per heavy atom. The number of likely N-dealkylation sites (tertiary alicyclic amines) is 1. The van der Waals surface area contributed by atoms with E-state index < -0.39 is 28.8 Å². The van der Waals surface area contributed by atoms with Crippen LogP contribution in [0.5, 0.6) is 0 Å². The molecule has 1 amide bonds. The Morgan fingerprint density at radius 1 is 1.19 bits per heavy atom. The molecule has 1 aliphatic carbocycles. The predicted octanol–water partition coefficient (Wildman–Crippen LogP) is 3.82. The molecule has 0 radical (unpaired) electrons. The molecule has 0 aromatic rings. The van der Waals surface area contributed by atoms with E-state index in [9.17, 15) is 13.2 Å². The molecule has 158 valence electrons. The number of piperidine rings is 1. The number of amides is 1. The molecule has 8 heteroatoms. The van der Waals surface area contributed by atoms with Crippen LogP contribution in [0, 0.1) is 5.41 Å². The fourth-order valence-corrected chi connectivity index (χ4v) is 7.75. The Kier molecular flexibility index (Phi) is 6.44. The van der Waals surface area contributed by atoms with E-state index in [1.165, 1.54) is 13.4 Å². The third kappa shape index (κ3) is 4.53. The van der Waals surface area contributed by atoms with Gasteiger partial charge in [0.05, 0.1) is 18.5 Å². The number of nitrogens with zero attached hydrogens (tertiary/aromatic N) is 1. The number of ether oxygens (including phenoxy) is 1. The number of methoxy groups -OCH3 is 1. The van der Waals surface area contributed by atoms with E-state index >= 15 is 0 Å². The number of hydrogen-bond donors (Lipinski definition) is 0. The predicted molar refractivity (Wildman–Crippen MR) is 110 cm³/mol. The minimum atomic E-state index is -3.26. The zero-order valence-corrected chi connectivity index (χ0v) is 19.8. The normalized spacial score (nSPS) is 30.4.